The van der Waals surface area contributed by atoms with Crippen LogP contribution in [0, 0.1) is 11.6 Å². The fourth-order valence-corrected chi connectivity index (χ4v) is 0.786. The molecule has 0 aliphatic heterocycles. The van der Waals surface area contributed by atoms with Crippen molar-refractivity contribution in [3.8, 4) is 0 Å². The van der Waals surface area contributed by atoms with Crippen molar-refractivity contribution in [3.63, 3.8) is 0 Å². The van der Waals surface area contributed by atoms with E-state index in [9.17, 15) is 17.6 Å². The second-order valence-corrected chi connectivity index (χ2v) is 2.16. The average molecular weight is 216 g/mol. The molecule has 1 aromatic carbocycles. The summed E-state index contributed by atoms with van der Waals surface area (Å²) in [5, 5.41) is 0. The Morgan fingerprint density at radius 1 is 1.15 bits per heavy atom. The molecule has 0 saturated carbocycles. The number of benzene rings is 1. The molecule has 0 spiro atoms. The van der Waals surface area contributed by atoms with Crippen molar-refractivity contribution < 1.29 is 17.6 Å². The molecule has 0 bridgehead atoms. The minimum atomic E-state index is -3.19. The van der Waals surface area contributed by atoms with Crippen molar-refractivity contribution in [2.24, 2.45) is 0 Å². The second-order valence-electron chi connectivity index (χ2n) is 2.16. The van der Waals surface area contributed by atoms with Crippen LogP contribution in [-0.4, -0.2) is 0 Å². The van der Waals surface area contributed by atoms with Crippen molar-refractivity contribution in [1.29, 1.82) is 0 Å². The van der Waals surface area contributed by atoms with Gasteiger partial charge >= 0.3 is 0 Å². The third kappa shape index (κ3) is 2.24. The topological polar surface area (TPSA) is 26.0 Å². The zero-order valence-corrected chi connectivity index (χ0v) is 7.05. The van der Waals surface area contributed by atoms with Gasteiger partial charge < -0.3 is 5.73 Å². The Bertz CT molecular complexity index is 303. The van der Waals surface area contributed by atoms with Crippen molar-refractivity contribution in [2.75, 3.05) is 5.73 Å². The number of alkyl halides is 2. The molecule has 1 aromatic rings. The molecule has 74 valence electrons. The highest BCUT2D eigenvalue weighted by atomic mass is 35.5. The molecule has 0 aliphatic carbocycles. The van der Waals surface area contributed by atoms with Crippen LogP contribution in [0.1, 0.15) is 12.0 Å². The zero-order chi connectivity index (χ0) is 9.30. The molecule has 0 aliphatic rings. The molecular formula is C7H6ClF4N. The minimum Gasteiger partial charge on any atom is -0.396 e. The first-order valence-corrected chi connectivity index (χ1v) is 3.05. The lowest BCUT2D eigenvalue weighted by atomic mass is 10.2. The smallest absolute Gasteiger partial charge is 0.269 e. The van der Waals surface area contributed by atoms with Gasteiger partial charge in [0, 0.05) is 0 Å². The van der Waals surface area contributed by atoms with Gasteiger partial charge in [0.1, 0.15) is 5.82 Å². The highest BCUT2D eigenvalue weighted by Crippen LogP contribution is 2.27. The Hall–Kier alpha value is -0.970. The zero-order valence-electron chi connectivity index (χ0n) is 6.23. The van der Waals surface area contributed by atoms with Crippen LogP contribution in [0.3, 0.4) is 0 Å². The summed E-state index contributed by atoms with van der Waals surface area (Å²) in [5.41, 5.74) is 3.20. The Labute approximate surface area is 78.0 Å². The summed E-state index contributed by atoms with van der Waals surface area (Å²) in [6.07, 6.45) is -3.19. The number of anilines is 1. The van der Waals surface area contributed by atoms with Gasteiger partial charge in [-0.1, -0.05) is 0 Å². The third-order valence-corrected chi connectivity index (χ3v) is 1.37. The van der Waals surface area contributed by atoms with E-state index in [4.69, 9.17) is 5.73 Å². The molecule has 2 N–H and O–H groups in total. The van der Waals surface area contributed by atoms with Crippen LogP contribution in [0.25, 0.3) is 0 Å². The summed E-state index contributed by atoms with van der Waals surface area (Å²) in [6.45, 7) is 0. The van der Waals surface area contributed by atoms with Gasteiger partial charge in [-0.3, -0.25) is 0 Å². The van der Waals surface area contributed by atoms with Crippen LogP contribution in [0.4, 0.5) is 23.2 Å². The van der Waals surface area contributed by atoms with E-state index in [-0.39, 0.29) is 12.4 Å². The van der Waals surface area contributed by atoms with E-state index in [2.05, 4.69) is 0 Å². The first-order valence-electron chi connectivity index (χ1n) is 3.05. The molecule has 0 unspecified atom stereocenters. The molecule has 0 amide bonds. The van der Waals surface area contributed by atoms with E-state index in [0.29, 0.717) is 6.07 Å². The van der Waals surface area contributed by atoms with E-state index in [0.717, 1.165) is 6.07 Å². The molecule has 1 nitrogen and oxygen atoms in total. The molecule has 0 radical (unpaired) electrons. The molecular weight excluding hydrogens is 210 g/mol. The van der Waals surface area contributed by atoms with Crippen molar-refractivity contribution >= 4 is 18.1 Å². The van der Waals surface area contributed by atoms with Gasteiger partial charge in [0.05, 0.1) is 11.3 Å². The standard InChI is InChI=1S/C7H5F4N.ClH/c8-3-1-2-4(12)6(9)5(3)7(10)11;/h1-2,7H,12H2;1H. The van der Waals surface area contributed by atoms with Gasteiger partial charge in [-0.2, -0.15) is 0 Å². The molecule has 0 heterocycles. The lowest BCUT2D eigenvalue weighted by Gasteiger charge is -2.04. The largest absolute Gasteiger partial charge is 0.396 e. The quantitative estimate of drug-likeness (QED) is 0.566. The molecule has 0 fully saturated rings. The summed E-state index contributed by atoms with van der Waals surface area (Å²) in [4.78, 5) is 0. The molecule has 0 saturated heterocycles. The summed E-state index contributed by atoms with van der Waals surface area (Å²) in [5.74, 6) is -2.67. The van der Waals surface area contributed by atoms with Crippen LogP contribution in [0.15, 0.2) is 12.1 Å². The van der Waals surface area contributed by atoms with E-state index < -0.39 is 29.3 Å². The lowest BCUT2D eigenvalue weighted by Crippen LogP contribution is -2.00. The Kier molecular flexibility index (Phi) is 4.00. The van der Waals surface area contributed by atoms with E-state index in [1.54, 1.807) is 0 Å². The van der Waals surface area contributed by atoms with Gasteiger partial charge in [0.25, 0.3) is 6.43 Å². The number of nitrogen functional groups attached to an aromatic ring is 1. The molecule has 13 heavy (non-hydrogen) atoms. The van der Waals surface area contributed by atoms with Crippen LogP contribution >= 0.6 is 12.4 Å². The van der Waals surface area contributed by atoms with Gasteiger partial charge in [0.15, 0.2) is 5.82 Å². The fraction of sp³-hybridized carbons (Fsp3) is 0.143. The van der Waals surface area contributed by atoms with Crippen molar-refractivity contribution in [1.82, 2.24) is 0 Å². The monoisotopic (exact) mass is 215 g/mol. The third-order valence-electron chi connectivity index (χ3n) is 1.37. The second kappa shape index (κ2) is 4.32. The van der Waals surface area contributed by atoms with Crippen LogP contribution in [0.5, 0.6) is 0 Å². The number of nitrogens with two attached hydrogens (primary N) is 1. The van der Waals surface area contributed by atoms with Crippen LogP contribution in [0.2, 0.25) is 0 Å². The minimum absolute atomic E-state index is 0. The highest BCUT2D eigenvalue weighted by molar-refractivity contribution is 5.85. The summed E-state index contributed by atoms with van der Waals surface area (Å²) >= 11 is 0. The first kappa shape index (κ1) is 12.0. The summed E-state index contributed by atoms with van der Waals surface area (Å²) < 4.78 is 49.0. The lowest BCUT2D eigenvalue weighted by molar-refractivity contribution is 0.141. The maximum absolute atomic E-state index is 12.7. The van der Waals surface area contributed by atoms with Gasteiger partial charge in [-0.05, 0) is 12.1 Å². The Balaban J connectivity index is 0.00000144. The van der Waals surface area contributed by atoms with Crippen LogP contribution < -0.4 is 5.73 Å². The first-order chi connectivity index (χ1) is 5.54. The van der Waals surface area contributed by atoms with Crippen LogP contribution in [-0.2, 0) is 0 Å². The van der Waals surface area contributed by atoms with E-state index in [1.165, 1.54) is 0 Å². The predicted molar refractivity (Wildman–Crippen MR) is 43.0 cm³/mol. The number of hydrogen-bond donors (Lipinski definition) is 1. The predicted octanol–water partition coefficient (Wildman–Crippen LogP) is 2.91. The van der Waals surface area contributed by atoms with Gasteiger partial charge in [0.2, 0.25) is 0 Å². The molecule has 1 rings (SSSR count). The molecule has 0 aromatic heterocycles. The SMILES string of the molecule is Cl.Nc1ccc(F)c(C(F)F)c1F. The van der Waals surface area contributed by atoms with Crippen molar-refractivity contribution in [2.45, 2.75) is 6.43 Å². The average Bonchev–Trinajstić information content (AvgIpc) is 1.97. The molecule has 0 atom stereocenters. The van der Waals surface area contributed by atoms with Crippen molar-refractivity contribution in [3.05, 3.63) is 29.3 Å². The molecule has 6 heteroatoms. The van der Waals surface area contributed by atoms with Gasteiger partial charge in [-0.25, -0.2) is 17.6 Å². The van der Waals surface area contributed by atoms with E-state index in [1.807, 2.05) is 0 Å². The number of rotatable bonds is 1. The number of hydrogen-bond acceptors (Lipinski definition) is 1. The number of halogens is 5. The maximum Gasteiger partial charge on any atom is 0.269 e. The fourth-order valence-electron chi connectivity index (χ4n) is 0.786. The van der Waals surface area contributed by atoms with Gasteiger partial charge in [-0.15, -0.1) is 12.4 Å². The Morgan fingerprint density at radius 2 is 1.69 bits per heavy atom. The summed E-state index contributed by atoms with van der Waals surface area (Å²) in [6, 6.07) is 1.61. The Morgan fingerprint density at radius 3 is 2.08 bits per heavy atom. The van der Waals surface area contributed by atoms with E-state index >= 15 is 0 Å². The highest BCUT2D eigenvalue weighted by Gasteiger charge is 2.20. The summed E-state index contributed by atoms with van der Waals surface area (Å²) in [7, 11) is 0. The maximum atomic E-state index is 12.7. The normalized spacial score (nSPS) is 9.92.